The zero-order valence-electron chi connectivity index (χ0n) is 13.8. The first kappa shape index (κ1) is 25.7. The standard InChI is InChI=1S/C13H26O4S7/c1-2-18-12-24(16)6-5-20-9-22-11-23-10-21-7-13(15)17-3-4-19-8-14/h14H,2-12H2,1H3. The van der Waals surface area contributed by atoms with Crippen LogP contribution in [0.15, 0.2) is 0 Å². The molecule has 0 amide bonds. The van der Waals surface area contributed by atoms with Crippen LogP contribution < -0.4 is 0 Å². The Morgan fingerprint density at radius 1 is 1.00 bits per heavy atom. The number of aliphatic hydroxyl groups is 1. The first-order chi connectivity index (χ1) is 11.7. The number of hydrogen-bond donors (Lipinski definition) is 1. The lowest BCUT2D eigenvalue weighted by Gasteiger charge is -2.04. The molecule has 0 aromatic heterocycles. The molecule has 0 bridgehead atoms. The number of carbonyl (C=O) groups is 1. The Hall–Kier alpha value is 1.68. The molecule has 0 fully saturated rings. The van der Waals surface area contributed by atoms with Crippen molar-refractivity contribution in [3.8, 4) is 0 Å². The number of rotatable bonds is 18. The second-order valence-electron chi connectivity index (χ2n) is 4.03. The highest BCUT2D eigenvalue weighted by atomic mass is 32.3. The van der Waals surface area contributed by atoms with Crippen LogP contribution in [0.2, 0.25) is 0 Å². The van der Waals surface area contributed by atoms with Crippen LogP contribution in [-0.4, -0.2) is 76.9 Å². The first-order valence-corrected chi connectivity index (χ1v) is 15.7. The molecular weight excluding hydrogens is 445 g/mol. The van der Waals surface area contributed by atoms with Gasteiger partial charge >= 0.3 is 5.97 Å². The Morgan fingerprint density at radius 2 is 1.71 bits per heavy atom. The third-order valence-corrected chi connectivity index (χ3v) is 10.8. The minimum atomic E-state index is -0.673. The Morgan fingerprint density at radius 3 is 2.42 bits per heavy atom. The van der Waals surface area contributed by atoms with E-state index in [2.05, 4.69) is 6.92 Å². The number of hydrogen-bond acceptors (Lipinski definition) is 10. The molecule has 4 nitrogen and oxygen atoms in total. The van der Waals surface area contributed by atoms with Crippen LogP contribution in [0.5, 0.6) is 0 Å². The maximum Gasteiger partial charge on any atom is 0.315 e. The van der Waals surface area contributed by atoms with Crippen molar-refractivity contribution < 1.29 is 18.8 Å². The normalized spacial score (nSPS) is 12.2. The molecule has 11 heteroatoms. The second kappa shape index (κ2) is 21.0. The van der Waals surface area contributed by atoms with Gasteiger partial charge in [0.1, 0.15) is 6.61 Å². The zero-order valence-corrected chi connectivity index (χ0v) is 19.5. The van der Waals surface area contributed by atoms with Gasteiger partial charge in [0.15, 0.2) is 0 Å². The predicted octanol–water partition coefficient (Wildman–Crippen LogP) is 3.48. The Bertz CT molecular complexity index is 321. The maximum atomic E-state index is 11.6. The molecule has 0 aromatic rings. The molecule has 0 aliphatic carbocycles. The van der Waals surface area contributed by atoms with Gasteiger partial charge in [-0.15, -0.1) is 58.8 Å². The monoisotopic (exact) mass is 470 g/mol. The third kappa shape index (κ3) is 20.0. The summed E-state index contributed by atoms with van der Waals surface area (Å²) in [7, 11) is -0.673. The summed E-state index contributed by atoms with van der Waals surface area (Å²) in [5.41, 5.74) is 0. The fraction of sp³-hybridized carbons (Fsp3) is 0.923. The molecule has 0 rings (SSSR count). The van der Waals surface area contributed by atoms with Crippen LogP contribution in [0.4, 0.5) is 0 Å². The fourth-order valence-electron chi connectivity index (χ4n) is 1.14. The van der Waals surface area contributed by atoms with Gasteiger partial charge < -0.3 is 9.84 Å². The third-order valence-electron chi connectivity index (χ3n) is 2.18. The lowest BCUT2D eigenvalue weighted by molar-refractivity contribution is -0.139. The summed E-state index contributed by atoms with van der Waals surface area (Å²) in [6, 6.07) is 0. The lowest BCUT2D eigenvalue weighted by Crippen LogP contribution is -2.10. The Balaban J connectivity index is 3.19. The van der Waals surface area contributed by atoms with E-state index in [-0.39, 0.29) is 11.9 Å². The summed E-state index contributed by atoms with van der Waals surface area (Å²) in [6.07, 6.45) is 0. The SMILES string of the molecule is CCSCS(=O)CCSCSCSCSCC(=O)OCCSCO. The number of ether oxygens (including phenoxy) is 1. The van der Waals surface area contributed by atoms with Crippen molar-refractivity contribution in [3.05, 3.63) is 0 Å². The molecular formula is C13H26O4S7. The summed E-state index contributed by atoms with van der Waals surface area (Å²) in [4.78, 5) is 11.4. The molecule has 1 N–H and O–H groups in total. The van der Waals surface area contributed by atoms with Gasteiger partial charge in [-0.25, -0.2) is 0 Å². The summed E-state index contributed by atoms with van der Waals surface area (Å²) >= 11 is 10.2. The molecule has 24 heavy (non-hydrogen) atoms. The molecule has 0 saturated heterocycles. The predicted molar refractivity (Wildman–Crippen MR) is 121 cm³/mol. The smallest absolute Gasteiger partial charge is 0.315 e. The summed E-state index contributed by atoms with van der Waals surface area (Å²) in [5, 5.41) is 12.3. The molecule has 0 spiro atoms. The van der Waals surface area contributed by atoms with Gasteiger partial charge in [0.05, 0.1) is 16.8 Å². The van der Waals surface area contributed by atoms with E-state index in [9.17, 15) is 9.00 Å². The van der Waals surface area contributed by atoms with E-state index >= 15 is 0 Å². The van der Waals surface area contributed by atoms with Crippen LogP contribution in [0, 0.1) is 0 Å². The van der Waals surface area contributed by atoms with Crippen molar-refractivity contribution in [1.82, 2.24) is 0 Å². The van der Waals surface area contributed by atoms with Gasteiger partial charge in [0, 0.05) is 43.3 Å². The Kier molecular flexibility index (Phi) is 22.5. The largest absolute Gasteiger partial charge is 0.464 e. The van der Waals surface area contributed by atoms with Crippen molar-refractivity contribution in [2.45, 2.75) is 6.92 Å². The molecule has 0 heterocycles. The van der Waals surface area contributed by atoms with Crippen molar-refractivity contribution in [2.24, 2.45) is 0 Å². The molecule has 0 aromatic carbocycles. The van der Waals surface area contributed by atoms with E-state index < -0.39 is 10.8 Å². The van der Waals surface area contributed by atoms with Crippen molar-refractivity contribution in [1.29, 1.82) is 0 Å². The highest BCUT2D eigenvalue weighted by Gasteiger charge is 2.03. The van der Waals surface area contributed by atoms with Crippen LogP contribution >= 0.6 is 70.6 Å². The average molecular weight is 471 g/mol. The topological polar surface area (TPSA) is 63.6 Å². The van der Waals surface area contributed by atoms with E-state index in [1.54, 1.807) is 35.3 Å². The summed E-state index contributed by atoms with van der Waals surface area (Å²) in [5.74, 6) is 3.69. The van der Waals surface area contributed by atoms with Crippen LogP contribution in [0.3, 0.4) is 0 Å². The van der Waals surface area contributed by atoms with Crippen molar-refractivity contribution in [2.75, 3.05) is 61.6 Å². The maximum absolute atomic E-state index is 11.6. The molecule has 1 unspecified atom stereocenters. The molecule has 0 saturated carbocycles. The number of carbonyl (C=O) groups excluding carboxylic acids is 1. The lowest BCUT2D eigenvalue weighted by atomic mass is 10.8. The highest BCUT2D eigenvalue weighted by Crippen LogP contribution is 2.21. The number of aliphatic hydroxyl groups excluding tert-OH is 1. The minimum Gasteiger partial charge on any atom is -0.464 e. The van der Waals surface area contributed by atoms with E-state index in [4.69, 9.17) is 9.84 Å². The summed E-state index contributed by atoms with van der Waals surface area (Å²) in [6.45, 7) is 2.46. The van der Waals surface area contributed by atoms with E-state index in [1.807, 2.05) is 23.5 Å². The van der Waals surface area contributed by atoms with Gasteiger partial charge in [-0.05, 0) is 5.75 Å². The number of esters is 1. The molecule has 144 valence electrons. The fourth-order valence-corrected chi connectivity index (χ4v) is 8.80. The molecule has 0 radical (unpaired) electrons. The van der Waals surface area contributed by atoms with E-state index in [0.717, 1.165) is 37.6 Å². The summed E-state index contributed by atoms with van der Waals surface area (Å²) < 4.78 is 16.6. The van der Waals surface area contributed by atoms with Gasteiger partial charge in [-0.2, -0.15) is 11.8 Å². The zero-order chi connectivity index (χ0) is 17.9. The second-order valence-corrected chi connectivity index (χ2v) is 13.5. The van der Waals surface area contributed by atoms with Gasteiger partial charge in [0.25, 0.3) is 0 Å². The molecule has 0 aliphatic rings. The minimum absolute atomic E-state index is 0.0642. The number of thioether (sulfide) groups is 6. The highest BCUT2D eigenvalue weighted by molar-refractivity contribution is 8.26. The van der Waals surface area contributed by atoms with Crippen LogP contribution in [-0.2, 0) is 20.3 Å². The van der Waals surface area contributed by atoms with Crippen molar-refractivity contribution >= 4 is 87.3 Å². The van der Waals surface area contributed by atoms with Crippen LogP contribution in [0.1, 0.15) is 6.92 Å². The van der Waals surface area contributed by atoms with Crippen LogP contribution in [0.25, 0.3) is 0 Å². The first-order valence-electron chi connectivity index (χ1n) is 7.28. The Labute approximate surface area is 173 Å². The van der Waals surface area contributed by atoms with E-state index in [0.29, 0.717) is 18.1 Å². The van der Waals surface area contributed by atoms with Gasteiger partial charge in [0.2, 0.25) is 0 Å². The van der Waals surface area contributed by atoms with Crippen molar-refractivity contribution in [3.63, 3.8) is 0 Å². The quantitative estimate of drug-likeness (QED) is 0.183. The van der Waals surface area contributed by atoms with Gasteiger partial charge in [-0.3, -0.25) is 9.00 Å². The average Bonchev–Trinajstić information content (AvgIpc) is 2.58. The van der Waals surface area contributed by atoms with E-state index in [1.165, 1.54) is 11.8 Å². The molecule has 0 aliphatic heterocycles. The molecule has 1 atom stereocenters. The van der Waals surface area contributed by atoms with Gasteiger partial charge in [-0.1, -0.05) is 6.92 Å².